The minimum absolute atomic E-state index is 0. The molecule has 0 aliphatic carbocycles. The van der Waals surface area contributed by atoms with Crippen LogP contribution in [0.2, 0.25) is 0 Å². The summed E-state index contributed by atoms with van der Waals surface area (Å²) >= 11 is 0. The summed E-state index contributed by atoms with van der Waals surface area (Å²) in [5.74, 6) is 1.05. The topological polar surface area (TPSA) is 41.6 Å². The summed E-state index contributed by atoms with van der Waals surface area (Å²) < 4.78 is 5.50. The van der Waals surface area contributed by atoms with E-state index in [1.165, 1.54) is 11.1 Å². The Morgan fingerprint density at radius 3 is 2.65 bits per heavy atom. The van der Waals surface area contributed by atoms with Gasteiger partial charge in [-0.25, -0.2) is 0 Å². The quantitative estimate of drug-likeness (QED) is 0.870. The molecule has 2 aromatic rings. The molecule has 1 aliphatic rings. The molecule has 1 amide bonds. The van der Waals surface area contributed by atoms with Crippen LogP contribution in [0.3, 0.4) is 0 Å². The number of benzene rings is 2. The molecule has 0 bridgehead atoms. The Morgan fingerprint density at radius 2 is 1.92 bits per heavy atom. The van der Waals surface area contributed by atoms with Gasteiger partial charge >= 0.3 is 0 Å². The Balaban J connectivity index is 0.00000243. The molecule has 1 fully saturated rings. The van der Waals surface area contributed by atoms with Gasteiger partial charge in [-0.05, 0) is 25.0 Å². The molecule has 1 unspecified atom stereocenters. The summed E-state index contributed by atoms with van der Waals surface area (Å²) in [6.45, 7) is 4.40. The molecule has 140 valence electrons. The van der Waals surface area contributed by atoms with E-state index in [1.54, 1.807) is 7.11 Å². The van der Waals surface area contributed by atoms with Gasteiger partial charge < -0.3 is 15.0 Å². The number of halogens is 1. The fraction of sp³-hybridized carbons (Fsp3) is 0.381. The minimum atomic E-state index is 0. The van der Waals surface area contributed by atoms with Crippen LogP contribution in [0, 0.1) is 6.92 Å². The van der Waals surface area contributed by atoms with Crippen LogP contribution < -0.4 is 10.1 Å². The van der Waals surface area contributed by atoms with Crippen molar-refractivity contribution in [3.8, 4) is 5.75 Å². The number of nitrogens with one attached hydrogen (secondary N) is 1. The molecule has 0 aromatic heterocycles. The van der Waals surface area contributed by atoms with Gasteiger partial charge in [0, 0.05) is 31.6 Å². The Morgan fingerprint density at radius 1 is 1.19 bits per heavy atom. The van der Waals surface area contributed by atoms with E-state index < -0.39 is 0 Å². The summed E-state index contributed by atoms with van der Waals surface area (Å²) in [7, 11) is 1.68. The molecule has 1 saturated heterocycles. The molecular weight excluding hydrogens is 348 g/mol. The number of rotatable bonds is 5. The number of para-hydroxylation sites is 1. The van der Waals surface area contributed by atoms with E-state index in [0.717, 1.165) is 37.4 Å². The first kappa shape index (κ1) is 20.3. The molecule has 4 nitrogen and oxygen atoms in total. The van der Waals surface area contributed by atoms with E-state index in [-0.39, 0.29) is 24.4 Å². The van der Waals surface area contributed by atoms with Crippen LogP contribution in [0.5, 0.6) is 5.75 Å². The van der Waals surface area contributed by atoms with Gasteiger partial charge in [0.15, 0.2) is 0 Å². The number of piperazine rings is 1. The van der Waals surface area contributed by atoms with Crippen molar-refractivity contribution in [2.45, 2.75) is 25.8 Å². The number of methoxy groups -OCH3 is 1. The van der Waals surface area contributed by atoms with E-state index in [4.69, 9.17) is 4.74 Å². The summed E-state index contributed by atoms with van der Waals surface area (Å²) in [5.41, 5.74) is 3.53. The van der Waals surface area contributed by atoms with Crippen molar-refractivity contribution in [3.05, 3.63) is 65.2 Å². The molecule has 1 N–H and O–H groups in total. The van der Waals surface area contributed by atoms with Crippen LogP contribution in [-0.4, -0.2) is 37.6 Å². The molecule has 26 heavy (non-hydrogen) atoms. The van der Waals surface area contributed by atoms with Crippen LogP contribution >= 0.6 is 12.4 Å². The van der Waals surface area contributed by atoms with Crippen molar-refractivity contribution < 1.29 is 9.53 Å². The molecule has 1 heterocycles. The van der Waals surface area contributed by atoms with Gasteiger partial charge in [-0.1, -0.05) is 48.0 Å². The maximum atomic E-state index is 12.9. The average molecular weight is 375 g/mol. The van der Waals surface area contributed by atoms with Crippen LogP contribution in [0.4, 0.5) is 0 Å². The Bertz CT molecular complexity index is 718. The molecule has 1 aliphatic heterocycles. The lowest BCUT2D eigenvalue weighted by Crippen LogP contribution is -2.48. The first-order valence-electron chi connectivity index (χ1n) is 8.87. The largest absolute Gasteiger partial charge is 0.496 e. The van der Waals surface area contributed by atoms with Crippen molar-refractivity contribution in [2.75, 3.05) is 26.7 Å². The zero-order chi connectivity index (χ0) is 17.6. The Labute approximate surface area is 162 Å². The predicted octanol–water partition coefficient (Wildman–Crippen LogP) is 3.53. The van der Waals surface area contributed by atoms with E-state index in [0.29, 0.717) is 6.42 Å². The van der Waals surface area contributed by atoms with E-state index in [9.17, 15) is 4.79 Å². The fourth-order valence-corrected chi connectivity index (χ4v) is 3.37. The van der Waals surface area contributed by atoms with Gasteiger partial charge in [0.05, 0.1) is 13.2 Å². The lowest BCUT2D eigenvalue weighted by atomic mass is 10.0. The van der Waals surface area contributed by atoms with Gasteiger partial charge in [0.2, 0.25) is 5.91 Å². The first-order chi connectivity index (χ1) is 12.2. The predicted molar refractivity (Wildman–Crippen MR) is 107 cm³/mol. The Kier molecular flexibility index (Phi) is 7.49. The highest BCUT2D eigenvalue weighted by Gasteiger charge is 2.29. The molecule has 0 radical (unpaired) electrons. The third kappa shape index (κ3) is 4.77. The maximum absolute atomic E-state index is 12.9. The first-order valence-corrected chi connectivity index (χ1v) is 8.87. The molecule has 1 atom stereocenters. The normalized spacial score (nSPS) is 16.7. The minimum Gasteiger partial charge on any atom is -0.496 e. The number of carbonyl (C=O) groups is 1. The monoisotopic (exact) mass is 374 g/mol. The molecule has 5 heteroatoms. The standard InChI is InChI=1S/C21H26N2O2.ClH/c1-16-7-9-17(10-8-16)11-12-21(24)23-14-13-22-15-19(23)18-5-3-4-6-20(18)25-2;/h3-10,19,22H,11-15H2,1-2H3;1H. The van der Waals surface area contributed by atoms with Crippen LogP contribution in [0.25, 0.3) is 0 Å². The molecule has 2 aromatic carbocycles. The fourth-order valence-electron chi connectivity index (χ4n) is 3.37. The number of nitrogens with zero attached hydrogens (tertiary/aromatic N) is 1. The zero-order valence-corrected chi connectivity index (χ0v) is 16.2. The smallest absolute Gasteiger partial charge is 0.223 e. The lowest BCUT2D eigenvalue weighted by Gasteiger charge is -2.37. The van der Waals surface area contributed by atoms with Crippen molar-refractivity contribution >= 4 is 18.3 Å². The van der Waals surface area contributed by atoms with Crippen LogP contribution in [0.1, 0.15) is 29.2 Å². The van der Waals surface area contributed by atoms with Gasteiger partial charge in [-0.2, -0.15) is 0 Å². The summed E-state index contributed by atoms with van der Waals surface area (Å²) in [4.78, 5) is 14.9. The van der Waals surface area contributed by atoms with Crippen molar-refractivity contribution in [2.24, 2.45) is 0 Å². The number of amides is 1. The highest BCUT2D eigenvalue weighted by atomic mass is 35.5. The maximum Gasteiger partial charge on any atom is 0.223 e. The number of aryl methyl sites for hydroxylation is 2. The van der Waals surface area contributed by atoms with E-state index in [1.807, 2.05) is 23.1 Å². The van der Waals surface area contributed by atoms with Crippen LogP contribution in [0.15, 0.2) is 48.5 Å². The van der Waals surface area contributed by atoms with Gasteiger partial charge in [-0.3, -0.25) is 4.79 Å². The number of hydrogen-bond donors (Lipinski definition) is 1. The lowest BCUT2D eigenvalue weighted by molar-refractivity contribution is -0.134. The average Bonchev–Trinajstić information content (AvgIpc) is 2.67. The number of ether oxygens (including phenoxy) is 1. The third-order valence-electron chi connectivity index (χ3n) is 4.81. The Hall–Kier alpha value is -2.04. The zero-order valence-electron chi connectivity index (χ0n) is 15.4. The summed E-state index contributed by atoms with van der Waals surface area (Å²) in [6.07, 6.45) is 1.32. The van der Waals surface area contributed by atoms with E-state index >= 15 is 0 Å². The summed E-state index contributed by atoms with van der Waals surface area (Å²) in [6, 6.07) is 16.4. The van der Waals surface area contributed by atoms with Crippen molar-refractivity contribution in [1.29, 1.82) is 0 Å². The second kappa shape index (κ2) is 9.60. The molecule has 0 saturated carbocycles. The van der Waals surface area contributed by atoms with Crippen molar-refractivity contribution in [1.82, 2.24) is 10.2 Å². The highest BCUT2D eigenvalue weighted by Crippen LogP contribution is 2.30. The second-order valence-electron chi connectivity index (χ2n) is 6.53. The number of carbonyl (C=O) groups excluding carboxylic acids is 1. The second-order valence-corrected chi connectivity index (χ2v) is 6.53. The summed E-state index contributed by atoms with van der Waals surface area (Å²) in [5, 5.41) is 3.40. The van der Waals surface area contributed by atoms with E-state index in [2.05, 4.69) is 42.6 Å². The van der Waals surface area contributed by atoms with Crippen molar-refractivity contribution in [3.63, 3.8) is 0 Å². The molecular formula is C21H27ClN2O2. The van der Waals surface area contributed by atoms with Crippen LogP contribution in [-0.2, 0) is 11.2 Å². The third-order valence-corrected chi connectivity index (χ3v) is 4.81. The van der Waals surface area contributed by atoms with Gasteiger partial charge in [0.25, 0.3) is 0 Å². The highest BCUT2D eigenvalue weighted by molar-refractivity contribution is 5.85. The molecule has 3 rings (SSSR count). The SMILES string of the molecule is COc1ccccc1C1CNCCN1C(=O)CCc1ccc(C)cc1.Cl. The molecule has 0 spiro atoms. The van der Waals surface area contributed by atoms with Gasteiger partial charge in [0.1, 0.15) is 5.75 Å². The number of hydrogen-bond acceptors (Lipinski definition) is 3. The van der Waals surface area contributed by atoms with Gasteiger partial charge in [-0.15, -0.1) is 12.4 Å².